The number of carbonyl (C=O) groups excluding carboxylic acids is 2. The van der Waals surface area contributed by atoms with Gasteiger partial charge in [-0.25, -0.2) is 0 Å². The molecule has 19 heavy (non-hydrogen) atoms. The highest BCUT2D eigenvalue weighted by atomic mass is 19.4. The second-order valence-corrected chi connectivity index (χ2v) is 4.05. The Morgan fingerprint density at radius 3 is 2.05 bits per heavy atom. The third-order valence-electron chi connectivity index (χ3n) is 2.85. The van der Waals surface area contributed by atoms with Crippen LogP contribution in [0.4, 0.5) is 13.2 Å². The van der Waals surface area contributed by atoms with Crippen LogP contribution in [0.5, 0.6) is 0 Å². The fourth-order valence-corrected chi connectivity index (χ4v) is 2.07. The van der Waals surface area contributed by atoms with Crippen molar-refractivity contribution in [2.24, 2.45) is 0 Å². The number of hydrogen-bond acceptors (Lipinski definition) is 2. The number of ketones is 2. The zero-order valence-corrected chi connectivity index (χ0v) is 9.75. The number of halogens is 3. The lowest BCUT2D eigenvalue weighted by atomic mass is 9.82. The van der Waals surface area contributed by atoms with E-state index in [0.29, 0.717) is 0 Å². The molecule has 0 aromatic heterocycles. The Kier molecular flexibility index (Phi) is 3.14. The summed E-state index contributed by atoms with van der Waals surface area (Å²) in [7, 11) is 0. The zero-order chi connectivity index (χ0) is 14.2. The van der Waals surface area contributed by atoms with Gasteiger partial charge in [0.05, 0.1) is 0 Å². The van der Waals surface area contributed by atoms with Crippen LogP contribution < -0.4 is 0 Å². The summed E-state index contributed by atoms with van der Waals surface area (Å²) in [4.78, 5) is 24.0. The van der Waals surface area contributed by atoms with Gasteiger partial charge in [0.15, 0.2) is 11.6 Å². The van der Waals surface area contributed by atoms with Gasteiger partial charge in [0.25, 0.3) is 0 Å². The van der Waals surface area contributed by atoms with Crippen LogP contribution in [0.25, 0.3) is 0 Å². The number of alkyl halides is 3. The van der Waals surface area contributed by atoms with Gasteiger partial charge in [0.2, 0.25) is 0 Å². The van der Waals surface area contributed by atoms with E-state index in [-0.39, 0.29) is 17.5 Å². The number of allylic oxidation sites excluding steroid dienone is 3. The first-order valence-electron chi connectivity index (χ1n) is 5.47. The van der Waals surface area contributed by atoms with Gasteiger partial charge in [-0.2, -0.15) is 13.2 Å². The van der Waals surface area contributed by atoms with Crippen LogP contribution in [-0.4, -0.2) is 17.7 Å². The molecule has 1 aliphatic rings. The molecule has 0 radical (unpaired) electrons. The van der Waals surface area contributed by atoms with Gasteiger partial charge in [-0.3, -0.25) is 9.59 Å². The standard InChI is InChI=1S/C14H9F3O2/c1-2-5-10-11(14(15,16)17)13(19)9-7-4-3-6-8(9)12(10)18/h2-4,6-7H,1,5H2. The van der Waals surface area contributed by atoms with Crippen molar-refractivity contribution >= 4 is 11.6 Å². The second kappa shape index (κ2) is 4.50. The van der Waals surface area contributed by atoms with Crippen molar-refractivity contribution in [3.63, 3.8) is 0 Å². The number of benzene rings is 1. The Morgan fingerprint density at radius 1 is 1.05 bits per heavy atom. The van der Waals surface area contributed by atoms with Gasteiger partial charge in [0, 0.05) is 16.7 Å². The topological polar surface area (TPSA) is 34.1 Å². The second-order valence-electron chi connectivity index (χ2n) is 4.05. The molecule has 0 amide bonds. The lowest BCUT2D eigenvalue weighted by Gasteiger charge is -2.21. The van der Waals surface area contributed by atoms with E-state index < -0.39 is 28.9 Å². The number of rotatable bonds is 2. The van der Waals surface area contributed by atoms with E-state index in [4.69, 9.17) is 0 Å². The van der Waals surface area contributed by atoms with Crippen molar-refractivity contribution in [1.29, 1.82) is 0 Å². The molecule has 0 spiro atoms. The molecule has 0 unspecified atom stereocenters. The third-order valence-corrected chi connectivity index (χ3v) is 2.85. The Labute approximate surface area is 107 Å². The smallest absolute Gasteiger partial charge is 0.289 e. The molecule has 0 N–H and O–H groups in total. The van der Waals surface area contributed by atoms with Crippen LogP contribution in [0.3, 0.4) is 0 Å². The van der Waals surface area contributed by atoms with Gasteiger partial charge < -0.3 is 0 Å². The van der Waals surface area contributed by atoms with Crippen LogP contribution in [0.2, 0.25) is 0 Å². The number of Topliss-reactive ketones (excluding diaryl/α,β-unsaturated/α-hetero) is 2. The molecule has 0 heterocycles. The number of hydrogen-bond donors (Lipinski definition) is 0. The molecule has 0 saturated carbocycles. The van der Waals surface area contributed by atoms with E-state index in [1.165, 1.54) is 30.3 Å². The molecule has 2 rings (SSSR count). The molecule has 1 aromatic rings. The van der Waals surface area contributed by atoms with Crippen LogP contribution in [0.15, 0.2) is 48.1 Å². The van der Waals surface area contributed by atoms with E-state index in [0.717, 1.165) is 0 Å². The highest BCUT2D eigenvalue weighted by molar-refractivity contribution is 6.27. The predicted octanol–water partition coefficient (Wildman–Crippen LogP) is 3.50. The lowest BCUT2D eigenvalue weighted by molar-refractivity contribution is -0.0896. The Balaban J connectivity index is 2.73. The summed E-state index contributed by atoms with van der Waals surface area (Å²) in [6.07, 6.45) is -3.95. The van der Waals surface area contributed by atoms with Crippen molar-refractivity contribution < 1.29 is 22.8 Å². The SMILES string of the molecule is C=CCC1=C(C(F)(F)F)C(=O)c2ccccc2C1=O. The Bertz CT molecular complexity index is 609. The summed E-state index contributed by atoms with van der Waals surface area (Å²) >= 11 is 0. The molecule has 98 valence electrons. The minimum Gasteiger partial charge on any atom is -0.289 e. The van der Waals surface area contributed by atoms with Crippen molar-refractivity contribution in [1.82, 2.24) is 0 Å². The Morgan fingerprint density at radius 2 is 1.58 bits per heavy atom. The van der Waals surface area contributed by atoms with E-state index in [2.05, 4.69) is 6.58 Å². The molecule has 0 atom stereocenters. The molecular formula is C14H9F3O2. The summed E-state index contributed by atoms with van der Waals surface area (Å²) in [6.45, 7) is 3.32. The highest BCUT2D eigenvalue weighted by Crippen LogP contribution is 2.37. The van der Waals surface area contributed by atoms with Crippen molar-refractivity contribution in [3.8, 4) is 0 Å². The maximum atomic E-state index is 13.0. The molecule has 1 aliphatic carbocycles. The zero-order valence-electron chi connectivity index (χ0n) is 9.75. The molecule has 0 aliphatic heterocycles. The van der Waals surface area contributed by atoms with Crippen LogP contribution >= 0.6 is 0 Å². The van der Waals surface area contributed by atoms with Gasteiger partial charge in [-0.05, 0) is 6.42 Å². The summed E-state index contributed by atoms with van der Waals surface area (Å²) < 4.78 is 38.9. The van der Waals surface area contributed by atoms with Crippen LogP contribution in [0, 0.1) is 0 Å². The summed E-state index contributed by atoms with van der Waals surface area (Å²) in [5.41, 5.74) is -2.10. The van der Waals surface area contributed by atoms with Crippen molar-refractivity contribution in [2.45, 2.75) is 12.6 Å². The molecule has 1 aromatic carbocycles. The van der Waals surface area contributed by atoms with Gasteiger partial charge in [0.1, 0.15) is 5.57 Å². The highest BCUT2D eigenvalue weighted by Gasteiger charge is 2.46. The first-order valence-corrected chi connectivity index (χ1v) is 5.47. The summed E-state index contributed by atoms with van der Waals surface area (Å²) in [5.74, 6) is -1.91. The fraction of sp³-hybridized carbons (Fsp3) is 0.143. The van der Waals surface area contributed by atoms with E-state index in [1.807, 2.05) is 0 Å². The third kappa shape index (κ3) is 2.12. The first kappa shape index (κ1) is 13.3. The maximum Gasteiger partial charge on any atom is 0.420 e. The Hall–Kier alpha value is -2.17. The average molecular weight is 266 g/mol. The first-order chi connectivity index (χ1) is 8.88. The van der Waals surface area contributed by atoms with Crippen LogP contribution in [0.1, 0.15) is 27.1 Å². The van der Waals surface area contributed by atoms with E-state index >= 15 is 0 Å². The van der Waals surface area contributed by atoms with Gasteiger partial charge in [-0.1, -0.05) is 30.3 Å². The minimum atomic E-state index is -4.85. The van der Waals surface area contributed by atoms with E-state index in [1.54, 1.807) is 0 Å². The molecular weight excluding hydrogens is 257 g/mol. The van der Waals surface area contributed by atoms with Gasteiger partial charge >= 0.3 is 6.18 Å². The molecule has 0 saturated heterocycles. The summed E-state index contributed by atoms with van der Waals surface area (Å²) in [6, 6.07) is 5.52. The van der Waals surface area contributed by atoms with Crippen molar-refractivity contribution in [3.05, 3.63) is 59.2 Å². The predicted molar refractivity (Wildman–Crippen MR) is 63.0 cm³/mol. The molecule has 0 fully saturated rings. The molecule has 0 bridgehead atoms. The van der Waals surface area contributed by atoms with Gasteiger partial charge in [-0.15, -0.1) is 6.58 Å². The maximum absolute atomic E-state index is 13.0. The normalized spacial score (nSPS) is 15.5. The minimum absolute atomic E-state index is 0.0114. The molecule has 5 heteroatoms. The summed E-state index contributed by atoms with van der Waals surface area (Å²) in [5, 5.41) is 0. The fourth-order valence-electron chi connectivity index (χ4n) is 2.07. The lowest BCUT2D eigenvalue weighted by Crippen LogP contribution is -2.30. The monoisotopic (exact) mass is 266 g/mol. The largest absolute Gasteiger partial charge is 0.420 e. The molecule has 2 nitrogen and oxygen atoms in total. The number of fused-ring (bicyclic) bond motifs is 1. The van der Waals surface area contributed by atoms with Crippen LogP contribution in [-0.2, 0) is 0 Å². The van der Waals surface area contributed by atoms with Crippen molar-refractivity contribution in [2.75, 3.05) is 0 Å². The number of carbonyl (C=O) groups is 2. The van der Waals surface area contributed by atoms with E-state index in [9.17, 15) is 22.8 Å². The quantitative estimate of drug-likeness (QED) is 0.768. The average Bonchev–Trinajstić information content (AvgIpc) is 2.34.